The van der Waals surface area contributed by atoms with Gasteiger partial charge in [0.15, 0.2) is 0 Å². The minimum atomic E-state index is -4.63. The van der Waals surface area contributed by atoms with Crippen molar-refractivity contribution in [1.29, 1.82) is 0 Å². The van der Waals surface area contributed by atoms with Crippen molar-refractivity contribution >= 4 is 46.1 Å². The van der Waals surface area contributed by atoms with Crippen LogP contribution in [0.3, 0.4) is 0 Å². The summed E-state index contributed by atoms with van der Waals surface area (Å²) in [4.78, 5) is 0.505. The van der Waals surface area contributed by atoms with E-state index in [0.29, 0.717) is 23.5 Å². The summed E-state index contributed by atoms with van der Waals surface area (Å²) < 4.78 is 40.2. The van der Waals surface area contributed by atoms with Gasteiger partial charge in [0.2, 0.25) is 0 Å². The molecule has 0 saturated heterocycles. The molecule has 5 nitrogen and oxygen atoms in total. The van der Waals surface area contributed by atoms with Gasteiger partial charge in [-0.25, -0.2) is 5.01 Å². The second kappa shape index (κ2) is 9.93. The molecule has 0 spiro atoms. The van der Waals surface area contributed by atoms with Gasteiger partial charge in [-0.1, -0.05) is 31.8 Å². The minimum absolute atomic E-state index is 0.0876. The molecule has 0 fully saturated rings. The summed E-state index contributed by atoms with van der Waals surface area (Å²) in [6.45, 7) is 8.69. The monoisotopic (exact) mass is 441 g/mol. The Morgan fingerprint density at radius 3 is 2.69 bits per heavy atom. The maximum atomic E-state index is 13.4. The fraction of sp³-hybridized carbons (Fsp3) is 0.368. The summed E-state index contributed by atoms with van der Waals surface area (Å²) in [7, 11) is 0. The van der Waals surface area contributed by atoms with Gasteiger partial charge in [-0.2, -0.15) is 18.3 Å². The molecular formula is C19H22F3N5S2. The van der Waals surface area contributed by atoms with E-state index in [-0.39, 0.29) is 11.6 Å². The second-order valence-electron chi connectivity index (χ2n) is 6.34. The molecule has 0 aliphatic rings. The molecule has 0 unspecified atom stereocenters. The Labute approximate surface area is 177 Å². The molecule has 0 amide bonds. The molecule has 2 rings (SSSR count). The van der Waals surface area contributed by atoms with Gasteiger partial charge in [-0.3, -0.25) is 0 Å². The van der Waals surface area contributed by atoms with Crippen LogP contribution in [0.4, 0.5) is 24.5 Å². The first kappa shape index (κ1) is 23.0. The van der Waals surface area contributed by atoms with Crippen LogP contribution in [0.5, 0.6) is 0 Å². The first-order chi connectivity index (χ1) is 13.6. The predicted molar refractivity (Wildman–Crippen MR) is 117 cm³/mol. The maximum Gasteiger partial charge on any atom is 0.432 e. The molecule has 1 heterocycles. The summed E-state index contributed by atoms with van der Waals surface area (Å²) in [6.07, 6.45) is -1.86. The third-order valence-electron chi connectivity index (χ3n) is 3.92. The maximum absolute atomic E-state index is 13.4. The van der Waals surface area contributed by atoms with E-state index in [2.05, 4.69) is 27.2 Å². The van der Waals surface area contributed by atoms with E-state index in [1.54, 1.807) is 25.1 Å². The van der Waals surface area contributed by atoms with Crippen molar-refractivity contribution in [2.24, 2.45) is 11.0 Å². The summed E-state index contributed by atoms with van der Waals surface area (Å²) >= 11 is 6.47. The highest BCUT2D eigenvalue weighted by Crippen LogP contribution is 2.32. The lowest BCUT2D eigenvalue weighted by atomic mass is 10.1. The number of allylic oxidation sites excluding steroid dienone is 1. The van der Waals surface area contributed by atoms with Crippen LogP contribution >= 0.6 is 23.6 Å². The van der Waals surface area contributed by atoms with Crippen LogP contribution < -0.4 is 10.3 Å². The van der Waals surface area contributed by atoms with Crippen LogP contribution in [-0.4, -0.2) is 27.6 Å². The Bertz CT molecular complexity index is 892. The topological polar surface area (TPSA) is 53.4 Å². The van der Waals surface area contributed by atoms with Crippen LogP contribution in [-0.2, 0) is 6.42 Å². The number of hydrazone groups is 1. The van der Waals surface area contributed by atoms with E-state index in [0.717, 1.165) is 15.0 Å². The zero-order valence-corrected chi connectivity index (χ0v) is 18.0. The van der Waals surface area contributed by atoms with Crippen LogP contribution in [0.25, 0.3) is 0 Å². The van der Waals surface area contributed by atoms with E-state index in [4.69, 9.17) is 12.2 Å². The molecule has 10 heteroatoms. The molecule has 0 aliphatic heterocycles. The molecule has 1 N–H and O–H groups in total. The normalized spacial score (nSPS) is 12.8. The van der Waals surface area contributed by atoms with Gasteiger partial charge in [-0.05, 0) is 38.5 Å². The van der Waals surface area contributed by atoms with Gasteiger partial charge >= 0.3 is 6.18 Å². The first-order valence-electron chi connectivity index (χ1n) is 8.87. The van der Waals surface area contributed by atoms with Crippen LogP contribution in [0, 0.1) is 12.8 Å². The van der Waals surface area contributed by atoms with Crippen molar-refractivity contribution in [2.75, 3.05) is 10.3 Å². The third kappa shape index (κ3) is 6.90. The average Bonchev–Trinajstić information content (AvgIpc) is 3.04. The standard InChI is InChI=1S/C19H22F3N5S2/c1-5-15(9-18-26-25-14(4)29-18)11-23-27(12(2)19(20,21)22)17-8-6-7-16(10-17)24-13(3)28/h6-8,10-11,15H,2,5,9H2,1,3-4H3,(H,24,28)/b23-11-/t15-/m0/s1. The van der Waals surface area contributed by atoms with Gasteiger partial charge in [0.1, 0.15) is 15.7 Å². The highest BCUT2D eigenvalue weighted by Gasteiger charge is 2.37. The quantitative estimate of drug-likeness (QED) is 0.321. The lowest BCUT2D eigenvalue weighted by Crippen LogP contribution is -2.27. The lowest BCUT2D eigenvalue weighted by molar-refractivity contribution is -0.0929. The SMILES string of the molecule is C=C(N(/N=C\[C@@H](CC)Cc1nnc(C)s1)c1cccc(NC(C)=S)c1)C(F)(F)F. The number of thiocarbonyl (C=S) groups is 1. The largest absolute Gasteiger partial charge is 0.432 e. The van der Waals surface area contributed by atoms with Gasteiger partial charge in [0, 0.05) is 24.2 Å². The fourth-order valence-corrected chi connectivity index (χ4v) is 3.36. The number of hydrogen-bond acceptors (Lipinski definition) is 6. The lowest BCUT2D eigenvalue weighted by Gasteiger charge is -2.24. The highest BCUT2D eigenvalue weighted by atomic mass is 32.1. The number of anilines is 2. The molecular weight excluding hydrogens is 419 g/mol. The number of nitrogens with one attached hydrogen (secondary N) is 1. The molecule has 0 bridgehead atoms. The van der Waals surface area contributed by atoms with Crippen molar-refractivity contribution < 1.29 is 13.2 Å². The molecule has 29 heavy (non-hydrogen) atoms. The molecule has 1 aromatic heterocycles. The number of aryl methyl sites for hydroxylation is 1. The van der Waals surface area contributed by atoms with Crippen molar-refractivity contribution in [3.8, 4) is 0 Å². The first-order valence-corrected chi connectivity index (χ1v) is 10.1. The summed E-state index contributed by atoms with van der Waals surface area (Å²) in [5, 5.41) is 17.6. The number of benzene rings is 1. The van der Waals surface area contributed by atoms with Crippen LogP contribution in [0.2, 0.25) is 0 Å². The van der Waals surface area contributed by atoms with Gasteiger partial charge in [0.25, 0.3) is 0 Å². The minimum Gasteiger partial charge on any atom is -0.350 e. The highest BCUT2D eigenvalue weighted by molar-refractivity contribution is 7.80. The summed E-state index contributed by atoms with van der Waals surface area (Å²) in [5.74, 6) is -0.0876. The molecule has 2 aromatic rings. The molecule has 0 saturated carbocycles. The number of halogens is 3. The van der Waals surface area contributed by atoms with E-state index >= 15 is 0 Å². The number of alkyl halides is 3. The van der Waals surface area contributed by atoms with Crippen LogP contribution in [0.1, 0.15) is 30.3 Å². The molecule has 1 atom stereocenters. The Kier molecular flexibility index (Phi) is 7.86. The van der Waals surface area contributed by atoms with Gasteiger partial charge < -0.3 is 5.32 Å². The summed E-state index contributed by atoms with van der Waals surface area (Å²) in [6, 6.07) is 6.42. The Morgan fingerprint density at radius 2 is 2.14 bits per heavy atom. The number of hydrogen-bond donors (Lipinski definition) is 1. The summed E-state index contributed by atoms with van der Waals surface area (Å²) in [5.41, 5.74) is -0.278. The van der Waals surface area contributed by atoms with E-state index < -0.39 is 11.9 Å². The Morgan fingerprint density at radius 1 is 1.41 bits per heavy atom. The smallest absolute Gasteiger partial charge is 0.350 e. The Balaban J connectivity index is 2.31. The van der Waals surface area contributed by atoms with E-state index in [9.17, 15) is 13.2 Å². The number of nitrogens with zero attached hydrogens (tertiary/aromatic N) is 4. The van der Waals surface area contributed by atoms with Gasteiger partial charge in [0.05, 0.1) is 10.7 Å². The third-order valence-corrected chi connectivity index (χ3v) is 4.88. The fourth-order valence-electron chi connectivity index (χ4n) is 2.44. The van der Waals surface area contributed by atoms with E-state index in [1.807, 2.05) is 13.8 Å². The van der Waals surface area contributed by atoms with Gasteiger partial charge in [-0.15, -0.1) is 21.5 Å². The van der Waals surface area contributed by atoms with Crippen molar-refractivity contribution in [3.05, 3.63) is 46.6 Å². The average molecular weight is 442 g/mol. The van der Waals surface area contributed by atoms with Crippen molar-refractivity contribution in [3.63, 3.8) is 0 Å². The molecule has 1 aromatic carbocycles. The molecule has 0 radical (unpaired) electrons. The zero-order valence-electron chi connectivity index (χ0n) is 16.3. The second-order valence-corrected chi connectivity index (χ2v) is 8.22. The molecule has 0 aliphatic carbocycles. The van der Waals surface area contributed by atoms with E-state index in [1.165, 1.54) is 23.6 Å². The number of rotatable bonds is 8. The van der Waals surface area contributed by atoms with Crippen LogP contribution in [0.15, 0.2) is 41.6 Å². The molecule has 156 valence electrons. The van der Waals surface area contributed by atoms with Crippen molar-refractivity contribution in [1.82, 2.24) is 10.2 Å². The predicted octanol–water partition coefficient (Wildman–Crippen LogP) is 5.74. The zero-order chi connectivity index (χ0) is 21.6. The number of aromatic nitrogens is 2. The van der Waals surface area contributed by atoms with Crippen molar-refractivity contribution in [2.45, 2.75) is 39.8 Å². The Hall–Kier alpha value is -2.33.